The van der Waals surface area contributed by atoms with Gasteiger partial charge in [-0.25, -0.2) is 4.79 Å². The van der Waals surface area contributed by atoms with Gasteiger partial charge in [0.15, 0.2) is 0 Å². The summed E-state index contributed by atoms with van der Waals surface area (Å²) in [5.41, 5.74) is 6.49. The second-order valence-corrected chi connectivity index (χ2v) is 5.43. The minimum atomic E-state index is -0.749. The summed E-state index contributed by atoms with van der Waals surface area (Å²) < 4.78 is 4.46. The lowest BCUT2D eigenvalue weighted by Gasteiger charge is -2.12. The maximum atomic E-state index is 11.9. The molecule has 0 spiro atoms. The molecule has 0 aliphatic heterocycles. The van der Waals surface area contributed by atoms with E-state index in [0.29, 0.717) is 17.7 Å². The van der Waals surface area contributed by atoms with Gasteiger partial charge < -0.3 is 15.5 Å². The van der Waals surface area contributed by atoms with Crippen molar-refractivity contribution in [2.24, 2.45) is 5.73 Å². The van der Waals surface area contributed by atoms with Crippen molar-refractivity contribution in [3.05, 3.63) is 69.1 Å². The zero-order valence-corrected chi connectivity index (χ0v) is 14.0. The predicted octanol–water partition coefficient (Wildman–Crippen LogP) is 2.70. The lowest BCUT2D eigenvalue weighted by molar-refractivity contribution is -0.384. The number of H-pyrrole nitrogens is 1. The molecular weight excluding hydrogens is 340 g/mol. The van der Waals surface area contributed by atoms with Crippen molar-refractivity contribution in [3.8, 4) is 11.1 Å². The fraction of sp³-hybridized carbons (Fsp3) is 0.176. The Hall–Kier alpha value is -3.46. The lowest BCUT2D eigenvalue weighted by atomic mass is 10.0. The molecule has 0 saturated carbocycles. The molecule has 26 heavy (non-hydrogen) atoms. The van der Waals surface area contributed by atoms with Crippen molar-refractivity contribution in [3.63, 3.8) is 0 Å². The molecule has 2 rings (SSSR count). The highest BCUT2D eigenvalue weighted by Crippen LogP contribution is 2.32. The van der Waals surface area contributed by atoms with Crippen molar-refractivity contribution in [1.82, 2.24) is 4.98 Å². The molecular formula is C17H18N4O5. The van der Waals surface area contributed by atoms with Crippen LogP contribution in [-0.2, 0) is 4.74 Å². The number of aromatic nitrogens is 1. The maximum absolute atomic E-state index is 11.9. The molecule has 4 N–H and O–H groups in total. The van der Waals surface area contributed by atoms with Crippen molar-refractivity contribution < 1.29 is 14.5 Å². The van der Waals surface area contributed by atoms with Crippen LogP contribution in [0.5, 0.6) is 0 Å². The van der Waals surface area contributed by atoms with Crippen molar-refractivity contribution >= 4 is 17.5 Å². The summed E-state index contributed by atoms with van der Waals surface area (Å²) >= 11 is 0. The van der Waals surface area contributed by atoms with Gasteiger partial charge in [0.2, 0.25) is 5.56 Å². The number of carbonyl (C=O) groups excluding carboxylic acids is 1. The smallest absolute Gasteiger partial charge is 0.411 e. The van der Waals surface area contributed by atoms with Gasteiger partial charge >= 0.3 is 6.09 Å². The van der Waals surface area contributed by atoms with Crippen LogP contribution in [-0.4, -0.2) is 23.1 Å². The van der Waals surface area contributed by atoms with Crippen LogP contribution in [0.2, 0.25) is 0 Å². The number of aromatic amines is 1. The summed E-state index contributed by atoms with van der Waals surface area (Å²) in [6.45, 7) is 3.60. The Labute approximate surface area is 148 Å². The topological polar surface area (TPSA) is 140 Å². The van der Waals surface area contributed by atoms with Crippen LogP contribution in [0.3, 0.4) is 0 Å². The van der Waals surface area contributed by atoms with E-state index in [4.69, 9.17) is 5.73 Å². The van der Waals surface area contributed by atoms with Crippen LogP contribution in [0.15, 0.2) is 47.8 Å². The molecule has 1 unspecified atom stereocenters. The van der Waals surface area contributed by atoms with Gasteiger partial charge in [0.05, 0.1) is 23.3 Å². The molecule has 1 amide bonds. The molecule has 0 fully saturated rings. The zero-order chi connectivity index (χ0) is 19.3. The second-order valence-electron chi connectivity index (χ2n) is 5.43. The van der Waals surface area contributed by atoms with E-state index in [9.17, 15) is 19.7 Å². The minimum Gasteiger partial charge on any atom is -0.453 e. The Morgan fingerprint density at radius 3 is 2.81 bits per heavy atom. The number of nitrogens with one attached hydrogen (secondary N) is 2. The molecule has 9 heteroatoms. The summed E-state index contributed by atoms with van der Waals surface area (Å²) in [7, 11) is 1.18. The maximum Gasteiger partial charge on any atom is 0.411 e. The van der Waals surface area contributed by atoms with Crippen molar-refractivity contribution in [2.45, 2.75) is 12.5 Å². The Morgan fingerprint density at radius 1 is 1.46 bits per heavy atom. The predicted molar refractivity (Wildman–Crippen MR) is 96.9 cm³/mol. The van der Waals surface area contributed by atoms with Crippen LogP contribution < -0.4 is 16.6 Å². The summed E-state index contributed by atoms with van der Waals surface area (Å²) in [5, 5.41) is 13.8. The Kier molecular flexibility index (Phi) is 5.86. The Bertz CT molecular complexity index is 906. The number of methoxy groups -OCH3 is 1. The first-order valence-corrected chi connectivity index (χ1v) is 7.60. The molecule has 0 saturated heterocycles. The quantitative estimate of drug-likeness (QED) is 0.412. The highest BCUT2D eigenvalue weighted by molar-refractivity contribution is 5.87. The summed E-state index contributed by atoms with van der Waals surface area (Å²) in [5.74, 6) is 0. The Balaban J connectivity index is 2.53. The van der Waals surface area contributed by atoms with Gasteiger partial charge in [-0.1, -0.05) is 6.08 Å². The van der Waals surface area contributed by atoms with E-state index in [-0.39, 0.29) is 16.9 Å². The highest BCUT2D eigenvalue weighted by Gasteiger charge is 2.19. The molecule has 0 bridgehead atoms. The van der Waals surface area contributed by atoms with Gasteiger partial charge in [-0.3, -0.25) is 20.2 Å². The van der Waals surface area contributed by atoms with E-state index in [2.05, 4.69) is 21.6 Å². The molecule has 2 aromatic rings. The number of hydrogen-bond acceptors (Lipinski definition) is 6. The molecule has 1 aromatic heterocycles. The second kappa shape index (κ2) is 8.08. The van der Waals surface area contributed by atoms with E-state index in [1.165, 1.54) is 31.4 Å². The number of pyridine rings is 1. The van der Waals surface area contributed by atoms with Crippen LogP contribution >= 0.6 is 0 Å². The van der Waals surface area contributed by atoms with Crippen molar-refractivity contribution in [1.29, 1.82) is 0 Å². The van der Waals surface area contributed by atoms with Crippen LogP contribution in [0.4, 0.5) is 16.2 Å². The van der Waals surface area contributed by atoms with E-state index in [1.54, 1.807) is 12.1 Å². The number of nitro benzene ring substituents is 1. The molecule has 0 aliphatic carbocycles. The number of amides is 1. The zero-order valence-electron chi connectivity index (χ0n) is 14.0. The first kappa shape index (κ1) is 18.9. The average molecular weight is 358 g/mol. The summed E-state index contributed by atoms with van der Waals surface area (Å²) in [6.07, 6.45) is 1.30. The molecule has 1 heterocycles. The van der Waals surface area contributed by atoms with Gasteiger partial charge in [-0.2, -0.15) is 0 Å². The highest BCUT2D eigenvalue weighted by atomic mass is 16.6. The van der Waals surface area contributed by atoms with Crippen LogP contribution in [0.25, 0.3) is 11.1 Å². The summed E-state index contributed by atoms with van der Waals surface area (Å²) in [4.78, 5) is 36.7. The summed E-state index contributed by atoms with van der Waals surface area (Å²) in [6, 6.07) is 6.46. The SMILES string of the molecule is C=CCC(N)c1cc(-c2ccc(NC(=O)OC)cc2[N+](=O)[O-])cc(=O)[nH]1. The van der Waals surface area contributed by atoms with E-state index < -0.39 is 22.6 Å². The average Bonchev–Trinajstić information content (AvgIpc) is 2.61. The van der Waals surface area contributed by atoms with Gasteiger partial charge in [0, 0.05) is 23.9 Å². The normalized spacial score (nSPS) is 11.5. The van der Waals surface area contributed by atoms with Gasteiger partial charge in [0.1, 0.15) is 0 Å². The number of benzene rings is 1. The van der Waals surface area contributed by atoms with E-state index in [1.807, 2.05) is 0 Å². The number of carbonyl (C=O) groups is 1. The molecule has 0 radical (unpaired) electrons. The molecule has 1 aromatic carbocycles. The fourth-order valence-corrected chi connectivity index (χ4v) is 2.40. The fourth-order valence-electron chi connectivity index (χ4n) is 2.40. The van der Waals surface area contributed by atoms with Gasteiger partial charge in [-0.15, -0.1) is 6.58 Å². The largest absolute Gasteiger partial charge is 0.453 e. The number of nitrogens with zero attached hydrogens (tertiary/aromatic N) is 1. The molecule has 136 valence electrons. The molecule has 1 atom stereocenters. The number of nitrogens with two attached hydrogens (primary N) is 1. The van der Waals surface area contributed by atoms with Gasteiger partial charge in [-0.05, 0) is 30.2 Å². The number of rotatable bonds is 6. The standard InChI is InChI=1S/C17H18N4O5/c1-3-4-13(18)14-7-10(8-16(22)20-14)12-6-5-11(19-17(23)26-2)9-15(12)21(24)25/h3,5-9,13H,1,4,18H2,2H3,(H,19,23)(H,20,22). The lowest BCUT2D eigenvalue weighted by Crippen LogP contribution is -2.17. The van der Waals surface area contributed by atoms with Crippen molar-refractivity contribution in [2.75, 3.05) is 12.4 Å². The third kappa shape index (κ3) is 4.33. The third-order valence-corrected chi connectivity index (χ3v) is 3.62. The number of anilines is 1. The monoisotopic (exact) mass is 358 g/mol. The number of nitro groups is 1. The molecule has 0 aliphatic rings. The van der Waals surface area contributed by atoms with E-state index in [0.717, 1.165) is 0 Å². The van der Waals surface area contributed by atoms with Crippen LogP contribution in [0, 0.1) is 10.1 Å². The Morgan fingerprint density at radius 2 is 2.19 bits per heavy atom. The number of hydrogen-bond donors (Lipinski definition) is 3. The first-order chi connectivity index (χ1) is 12.3. The third-order valence-electron chi connectivity index (χ3n) is 3.62. The first-order valence-electron chi connectivity index (χ1n) is 7.60. The minimum absolute atomic E-state index is 0.195. The van der Waals surface area contributed by atoms with Gasteiger partial charge in [0.25, 0.3) is 5.69 Å². The molecule has 9 nitrogen and oxygen atoms in total. The van der Waals surface area contributed by atoms with E-state index >= 15 is 0 Å². The van der Waals surface area contributed by atoms with Crippen LogP contribution in [0.1, 0.15) is 18.2 Å². The number of ether oxygens (including phenoxy) is 1.